The van der Waals surface area contributed by atoms with E-state index in [0.717, 1.165) is 24.0 Å². The zero-order valence-corrected chi connectivity index (χ0v) is 18.2. The minimum absolute atomic E-state index is 0.202. The van der Waals surface area contributed by atoms with E-state index >= 15 is 0 Å². The summed E-state index contributed by atoms with van der Waals surface area (Å²) >= 11 is 0. The first-order valence-electron chi connectivity index (χ1n) is 11.3. The lowest BCUT2D eigenvalue weighted by Gasteiger charge is -2.20. The largest absolute Gasteiger partial charge is 0.322 e. The lowest BCUT2D eigenvalue weighted by atomic mass is 9.84. The first-order chi connectivity index (χ1) is 16.2. The summed E-state index contributed by atoms with van der Waals surface area (Å²) in [6, 6.07) is 17.0. The molecular formula is C26H24N6O. The highest BCUT2D eigenvalue weighted by molar-refractivity contribution is 5.97. The van der Waals surface area contributed by atoms with E-state index in [1.165, 1.54) is 19.3 Å². The van der Waals surface area contributed by atoms with Gasteiger partial charge in [-0.05, 0) is 24.1 Å². The normalized spacial score (nSPS) is 14.2. The summed E-state index contributed by atoms with van der Waals surface area (Å²) in [5.74, 6) is 1.10. The van der Waals surface area contributed by atoms with Gasteiger partial charge in [-0.3, -0.25) is 9.78 Å². The number of hydrogen-bond donors (Lipinski definition) is 1. The lowest BCUT2D eigenvalue weighted by Crippen LogP contribution is -2.12. The van der Waals surface area contributed by atoms with Crippen molar-refractivity contribution in [1.82, 2.24) is 19.6 Å². The number of para-hydroxylation sites is 1. The number of carbonyl (C=O) groups excluding carboxylic acids is 1. The SMILES string of the molecule is N#Cc1ccccc1Nc1nc2cnc(-c3cccc(C(=O)CC4CCCCC4)c3)cn2n1. The standard InChI is InChI=1S/C26H24N6O/c27-15-21-9-4-5-12-22(21)29-26-30-25-16-28-23(17-32(25)31-26)19-10-6-11-20(14-19)24(33)13-18-7-2-1-3-8-18/h4-6,9-12,14,16-18H,1-3,7-8,13H2,(H,29,31). The van der Waals surface area contributed by atoms with E-state index in [0.29, 0.717) is 40.9 Å². The molecule has 0 unspecified atom stereocenters. The van der Waals surface area contributed by atoms with Crippen molar-refractivity contribution in [2.75, 3.05) is 5.32 Å². The van der Waals surface area contributed by atoms with Crippen LogP contribution in [0.5, 0.6) is 0 Å². The first kappa shape index (κ1) is 20.8. The fourth-order valence-corrected chi connectivity index (χ4v) is 4.43. The molecule has 0 radical (unpaired) electrons. The van der Waals surface area contributed by atoms with Gasteiger partial charge in [0.15, 0.2) is 11.4 Å². The van der Waals surface area contributed by atoms with Crippen LogP contribution in [0.25, 0.3) is 16.9 Å². The Hall–Kier alpha value is -4.05. The van der Waals surface area contributed by atoms with Gasteiger partial charge in [-0.25, -0.2) is 4.52 Å². The number of anilines is 2. The van der Waals surface area contributed by atoms with Crippen LogP contribution in [0.2, 0.25) is 0 Å². The summed E-state index contributed by atoms with van der Waals surface area (Å²) in [7, 11) is 0. The van der Waals surface area contributed by atoms with E-state index in [1.54, 1.807) is 23.0 Å². The molecule has 2 aromatic heterocycles. The van der Waals surface area contributed by atoms with Crippen LogP contribution < -0.4 is 5.32 Å². The van der Waals surface area contributed by atoms with Crippen molar-refractivity contribution in [3.8, 4) is 17.3 Å². The Kier molecular flexibility index (Phi) is 5.81. The molecule has 5 rings (SSSR count). The number of hydrogen-bond acceptors (Lipinski definition) is 6. The number of Topliss-reactive ketones (excluding diaryl/α,β-unsaturated/α-hetero) is 1. The molecule has 0 bridgehead atoms. The van der Waals surface area contributed by atoms with Crippen molar-refractivity contribution in [2.24, 2.45) is 5.92 Å². The highest BCUT2D eigenvalue weighted by Crippen LogP contribution is 2.28. The minimum Gasteiger partial charge on any atom is -0.322 e. The van der Waals surface area contributed by atoms with Crippen LogP contribution in [0, 0.1) is 17.2 Å². The topological polar surface area (TPSA) is 96.0 Å². The molecule has 2 heterocycles. The van der Waals surface area contributed by atoms with Gasteiger partial charge >= 0.3 is 0 Å². The van der Waals surface area contributed by atoms with Crippen molar-refractivity contribution in [3.63, 3.8) is 0 Å². The van der Waals surface area contributed by atoms with Crippen molar-refractivity contribution in [3.05, 3.63) is 72.1 Å². The lowest BCUT2D eigenvalue weighted by molar-refractivity contribution is 0.0950. The molecule has 164 valence electrons. The fourth-order valence-electron chi connectivity index (χ4n) is 4.43. The molecule has 1 aliphatic rings. The summed E-state index contributed by atoms with van der Waals surface area (Å²) in [6.45, 7) is 0. The molecule has 4 aromatic rings. The highest BCUT2D eigenvalue weighted by atomic mass is 16.1. The van der Waals surface area contributed by atoms with E-state index in [1.807, 2.05) is 42.5 Å². The predicted octanol–water partition coefficient (Wildman–Crippen LogP) is 5.56. The third kappa shape index (κ3) is 4.60. The predicted molar refractivity (Wildman–Crippen MR) is 126 cm³/mol. The molecule has 1 N–H and O–H groups in total. The molecule has 7 nitrogen and oxygen atoms in total. The summed E-state index contributed by atoms with van der Waals surface area (Å²) in [5, 5.41) is 16.9. The molecule has 0 saturated heterocycles. The van der Waals surface area contributed by atoms with Gasteiger partial charge in [0.1, 0.15) is 6.07 Å². The number of fused-ring (bicyclic) bond motifs is 1. The number of aromatic nitrogens is 4. The van der Waals surface area contributed by atoms with Crippen LogP contribution >= 0.6 is 0 Å². The van der Waals surface area contributed by atoms with Gasteiger partial charge in [0.25, 0.3) is 0 Å². The third-order valence-corrected chi connectivity index (χ3v) is 6.19. The molecule has 1 aliphatic carbocycles. The molecular weight excluding hydrogens is 412 g/mol. The Bertz CT molecular complexity index is 1350. The number of carbonyl (C=O) groups is 1. The molecule has 1 fully saturated rings. The summed E-state index contributed by atoms with van der Waals surface area (Å²) in [5.41, 5.74) is 4.06. The average molecular weight is 437 g/mol. The Morgan fingerprint density at radius 1 is 1.12 bits per heavy atom. The van der Waals surface area contributed by atoms with Crippen molar-refractivity contribution < 1.29 is 4.79 Å². The molecule has 0 amide bonds. The molecule has 2 aromatic carbocycles. The average Bonchev–Trinajstić information content (AvgIpc) is 3.26. The Morgan fingerprint density at radius 3 is 2.82 bits per heavy atom. The highest BCUT2D eigenvalue weighted by Gasteiger charge is 2.18. The Labute approximate surface area is 192 Å². The van der Waals surface area contributed by atoms with Gasteiger partial charge < -0.3 is 5.32 Å². The number of nitrogens with zero attached hydrogens (tertiary/aromatic N) is 5. The number of rotatable bonds is 6. The molecule has 1 saturated carbocycles. The van der Waals surface area contributed by atoms with E-state index in [9.17, 15) is 10.1 Å². The van der Waals surface area contributed by atoms with Crippen molar-refractivity contribution >= 4 is 23.1 Å². The van der Waals surface area contributed by atoms with Gasteiger partial charge in [-0.15, -0.1) is 5.10 Å². The van der Waals surface area contributed by atoms with Crippen LogP contribution in [-0.2, 0) is 0 Å². The van der Waals surface area contributed by atoms with Gasteiger partial charge in [-0.1, -0.05) is 62.4 Å². The van der Waals surface area contributed by atoms with Crippen molar-refractivity contribution in [1.29, 1.82) is 5.26 Å². The maximum absolute atomic E-state index is 12.9. The van der Waals surface area contributed by atoms with Crippen LogP contribution in [-0.4, -0.2) is 25.4 Å². The Morgan fingerprint density at radius 2 is 1.97 bits per heavy atom. The van der Waals surface area contributed by atoms with Crippen LogP contribution in [0.3, 0.4) is 0 Å². The molecule has 7 heteroatoms. The van der Waals surface area contributed by atoms with Crippen LogP contribution in [0.1, 0.15) is 54.4 Å². The van der Waals surface area contributed by atoms with E-state index < -0.39 is 0 Å². The summed E-state index contributed by atoms with van der Waals surface area (Å²) in [6.07, 6.45) is 10.2. The van der Waals surface area contributed by atoms with Gasteiger partial charge in [0.2, 0.25) is 5.95 Å². The first-order valence-corrected chi connectivity index (χ1v) is 11.3. The molecule has 0 spiro atoms. The van der Waals surface area contributed by atoms with Crippen molar-refractivity contribution in [2.45, 2.75) is 38.5 Å². The summed E-state index contributed by atoms with van der Waals surface area (Å²) in [4.78, 5) is 21.8. The smallest absolute Gasteiger partial charge is 0.247 e. The number of benzene rings is 2. The second-order valence-corrected chi connectivity index (χ2v) is 8.51. The molecule has 33 heavy (non-hydrogen) atoms. The van der Waals surface area contributed by atoms with Crippen LogP contribution in [0.4, 0.5) is 11.6 Å². The quantitative estimate of drug-likeness (QED) is 0.398. The fraction of sp³-hybridized carbons (Fsp3) is 0.269. The molecule has 0 atom stereocenters. The monoisotopic (exact) mass is 436 g/mol. The molecule has 0 aliphatic heterocycles. The Balaban J connectivity index is 1.37. The number of nitriles is 1. The second-order valence-electron chi connectivity index (χ2n) is 8.51. The maximum Gasteiger partial charge on any atom is 0.247 e. The maximum atomic E-state index is 12.9. The second kappa shape index (κ2) is 9.21. The number of nitrogens with one attached hydrogen (secondary N) is 1. The van der Waals surface area contributed by atoms with Crippen LogP contribution in [0.15, 0.2) is 60.9 Å². The summed E-state index contributed by atoms with van der Waals surface area (Å²) < 4.78 is 1.65. The van der Waals surface area contributed by atoms with Gasteiger partial charge in [0, 0.05) is 17.5 Å². The third-order valence-electron chi connectivity index (χ3n) is 6.19. The van der Waals surface area contributed by atoms with Gasteiger partial charge in [0.05, 0.1) is 29.3 Å². The van der Waals surface area contributed by atoms with E-state index in [2.05, 4.69) is 26.5 Å². The number of ketones is 1. The minimum atomic E-state index is 0.202. The van der Waals surface area contributed by atoms with E-state index in [4.69, 9.17) is 0 Å². The van der Waals surface area contributed by atoms with E-state index in [-0.39, 0.29) is 5.78 Å². The van der Waals surface area contributed by atoms with Gasteiger partial charge in [-0.2, -0.15) is 10.2 Å². The zero-order chi connectivity index (χ0) is 22.6. The zero-order valence-electron chi connectivity index (χ0n) is 18.2.